The Bertz CT molecular complexity index is 416. The van der Waals surface area contributed by atoms with Crippen molar-refractivity contribution >= 4 is 17.3 Å². The molecule has 3 N–H and O–H groups in total. The third kappa shape index (κ3) is 3.65. The normalized spacial score (nSPS) is 11.3. The molecule has 0 unspecified atom stereocenters. The Balaban J connectivity index is 3.03. The lowest BCUT2D eigenvalue weighted by molar-refractivity contribution is -0.136. The monoisotopic (exact) mass is 246 g/mol. The fourth-order valence-electron chi connectivity index (χ4n) is 1.35. The second kappa shape index (κ2) is 5.07. The van der Waals surface area contributed by atoms with E-state index in [1.54, 1.807) is 6.92 Å². The van der Waals surface area contributed by atoms with Crippen LogP contribution in [0, 0.1) is 0 Å². The van der Waals surface area contributed by atoms with Gasteiger partial charge in [-0.05, 0) is 24.6 Å². The molecule has 0 atom stereocenters. The van der Waals surface area contributed by atoms with Crippen molar-refractivity contribution < 1.29 is 18.0 Å². The average Bonchev–Trinajstić information content (AvgIpc) is 2.19. The van der Waals surface area contributed by atoms with Crippen molar-refractivity contribution in [3.05, 3.63) is 23.8 Å². The summed E-state index contributed by atoms with van der Waals surface area (Å²) in [7, 11) is 0. The lowest BCUT2D eigenvalue weighted by atomic mass is 10.1. The molecule has 0 saturated heterocycles. The second-order valence-corrected chi connectivity index (χ2v) is 3.60. The Kier molecular flexibility index (Phi) is 3.98. The number of hydrogen-bond donors (Lipinski definition) is 2. The highest BCUT2D eigenvalue weighted by Crippen LogP contribution is 2.36. The summed E-state index contributed by atoms with van der Waals surface area (Å²) in [6.07, 6.45) is -3.78. The van der Waals surface area contributed by atoms with Crippen LogP contribution in [0.1, 0.15) is 25.3 Å². The summed E-state index contributed by atoms with van der Waals surface area (Å²) in [6.45, 7) is 1.77. The minimum atomic E-state index is -4.54. The topological polar surface area (TPSA) is 55.1 Å². The number of hydrogen-bond acceptors (Lipinski definition) is 2. The van der Waals surface area contributed by atoms with Crippen molar-refractivity contribution in [1.82, 2.24) is 0 Å². The van der Waals surface area contributed by atoms with Gasteiger partial charge in [-0.1, -0.05) is 6.92 Å². The molecule has 1 aromatic rings. The summed E-state index contributed by atoms with van der Waals surface area (Å²) < 4.78 is 38.0. The first-order chi connectivity index (χ1) is 7.84. The molecule has 17 heavy (non-hydrogen) atoms. The first-order valence-corrected chi connectivity index (χ1v) is 5.11. The minimum absolute atomic E-state index is 0.00538. The number of carbonyl (C=O) groups is 1. The predicted octanol–water partition coefficient (Wildman–Crippen LogP) is 3.03. The highest BCUT2D eigenvalue weighted by molar-refractivity contribution is 5.91. The van der Waals surface area contributed by atoms with Gasteiger partial charge in [0.05, 0.1) is 11.3 Å². The van der Waals surface area contributed by atoms with Gasteiger partial charge in [0, 0.05) is 12.1 Å². The summed E-state index contributed by atoms with van der Waals surface area (Å²) in [5, 5.41) is 2.23. The van der Waals surface area contributed by atoms with Crippen LogP contribution in [0.25, 0.3) is 0 Å². The van der Waals surface area contributed by atoms with Crippen molar-refractivity contribution in [2.45, 2.75) is 25.9 Å². The number of nitrogen functional groups attached to an aromatic ring is 1. The summed E-state index contributed by atoms with van der Waals surface area (Å²) in [5.41, 5.74) is 4.12. The van der Waals surface area contributed by atoms with Crippen LogP contribution in [0.4, 0.5) is 24.5 Å². The summed E-state index contributed by atoms with van der Waals surface area (Å²) in [5.74, 6) is -0.442. The first-order valence-electron chi connectivity index (χ1n) is 5.11. The van der Waals surface area contributed by atoms with Crippen molar-refractivity contribution in [1.29, 1.82) is 0 Å². The molecule has 0 aliphatic heterocycles. The molecule has 0 aliphatic rings. The van der Waals surface area contributed by atoms with Gasteiger partial charge < -0.3 is 11.1 Å². The second-order valence-electron chi connectivity index (χ2n) is 3.60. The van der Waals surface area contributed by atoms with E-state index in [-0.39, 0.29) is 17.8 Å². The highest BCUT2D eigenvalue weighted by Gasteiger charge is 2.34. The van der Waals surface area contributed by atoms with E-state index in [2.05, 4.69) is 5.32 Å². The van der Waals surface area contributed by atoms with E-state index in [0.29, 0.717) is 6.42 Å². The number of alkyl halides is 3. The molecule has 0 aromatic heterocycles. The zero-order chi connectivity index (χ0) is 13.1. The number of nitrogens with two attached hydrogens (primary N) is 1. The van der Waals surface area contributed by atoms with Gasteiger partial charge >= 0.3 is 6.18 Å². The van der Waals surface area contributed by atoms with E-state index in [4.69, 9.17) is 5.73 Å². The predicted molar refractivity (Wildman–Crippen MR) is 59.4 cm³/mol. The third-order valence-electron chi connectivity index (χ3n) is 2.10. The standard InChI is InChI=1S/C11H13F3N2O/c1-2-3-10(17)16-9-5-4-7(15)6-8(9)11(12,13)14/h4-6H,2-3,15H2,1H3,(H,16,17). The van der Waals surface area contributed by atoms with Crippen LogP contribution in [-0.4, -0.2) is 5.91 Å². The SMILES string of the molecule is CCCC(=O)Nc1ccc(N)cc1C(F)(F)F. The van der Waals surface area contributed by atoms with Crippen LogP contribution >= 0.6 is 0 Å². The number of carbonyl (C=O) groups excluding carboxylic acids is 1. The minimum Gasteiger partial charge on any atom is -0.399 e. The Labute approximate surface area is 96.8 Å². The summed E-state index contributed by atoms with van der Waals surface area (Å²) >= 11 is 0. The Morgan fingerprint density at radius 2 is 2.06 bits per heavy atom. The van der Waals surface area contributed by atoms with Crippen LogP contribution < -0.4 is 11.1 Å². The molecule has 6 heteroatoms. The number of anilines is 2. The van der Waals surface area contributed by atoms with Gasteiger partial charge in [-0.3, -0.25) is 4.79 Å². The Morgan fingerprint density at radius 1 is 1.41 bits per heavy atom. The number of halogens is 3. The van der Waals surface area contributed by atoms with Crippen LogP contribution in [0.15, 0.2) is 18.2 Å². The molecular formula is C11H13F3N2O. The molecule has 0 fully saturated rings. The maximum Gasteiger partial charge on any atom is 0.418 e. The Morgan fingerprint density at radius 3 is 2.59 bits per heavy atom. The van der Waals surface area contributed by atoms with E-state index >= 15 is 0 Å². The summed E-state index contributed by atoms with van der Waals surface area (Å²) in [6, 6.07) is 3.28. The van der Waals surface area contributed by atoms with Crippen molar-refractivity contribution in [3.63, 3.8) is 0 Å². The van der Waals surface area contributed by atoms with Crippen molar-refractivity contribution in [3.8, 4) is 0 Å². The molecule has 1 aromatic carbocycles. The molecule has 0 saturated carbocycles. The van der Waals surface area contributed by atoms with Gasteiger partial charge in [0.15, 0.2) is 0 Å². The van der Waals surface area contributed by atoms with Crippen LogP contribution in [0.3, 0.4) is 0 Å². The number of benzene rings is 1. The van der Waals surface area contributed by atoms with Gasteiger partial charge in [-0.25, -0.2) is 0 Å². The Hall–Kier alpha value is -1.72. The van der Waals surface area contributed by atoms with Crippen LogP contribution in [0.2, 0.25) is 0 Å². The maximum absolute atomic E-state index is 12.7. The number of rotatable bonds is 3. The maximum atomic E-state index is 12.7. The highest BCUT2D eigenvalue weighted by atomic mass is 19.4. The molecule has 0 spiro atoms. The van der Waals surface area contributed by atoms with Crippen molar-refractivity contribution in [2.75, 3.05) is 11.1 Å². The van der Waals surface area contributed by atoms with Gasteiger partial charge in [0.25, 0.3) is 0 Å². The van der Waals surface area contributed by atoms with Gasteiger partial charge in [-0.15, -0.1) is 0 Å². The van der Waals surface area contributed by atoms with E-state index < -0.39 is 17.6 Å². The van der Waals surface area contributed by atoms with Crippen LogP contribution in [-0.2, 0) is 11.0 Å². The number of amides is 1. The van der Waals surface area contributed by atoms with Crippen LogP contribution in [0.5, 0.6) is 0 Å². The zero-order valence-corrected chi connectivity index (χ0v) is 9.27. The van der Waals surface area contributed by atoms with E-state index in [9.17, 15) is 18.0 Å². The quantitative estimate of drug-likeness (QED) is 0.805. The lowest BCUT2D eigenvalue weighted by Crippen LogP contribution is -2.16. The molecule has 1 rings (SSSR count). The average molecular weight is 246 g/mol. The van der Waals surface area contributed by atoms with Crippen molar-refractivity contribution in [2.24, 2.45) is 0 Å². The molecule has 0 heterocycles. The summed E-state index contributed by atoms with van der Waals surface area (Å²) in [4.78, 5) is 11.3. The molecule has 0 radical (unpaired) electrons. The lowest BCUT2D eigenvalue weighted by Gasteiger charge is -2.14. The van der Waals surface area contributed by atoms with Gasteiger partial charge in [0.1, 0.15) is 0 Å². The van der Waals surface area contributed by atoms with Gasteiger partial charge in [-0.2, -0.15) is 13.2 Å². The molecule has 94 valence electrons. The van der Waals surface area contributed by atoms with E-state index in [1.165, 1.54) is 6.07 Å². The van der Waals surface area contributed by atoms with Gasteiger partial charge in [0.2, 0.25) is 5.91 Å². The molecule has 0 bridgehead atoms. The molecule has 3 nitrogen and oxygen atoms in total. The fraction of sp³-hybridized carbons (Fsp3) is 0.364. The first kappa shape index (κ1) is 13.3. The smallest absolute Gasteiger partial charge is 0.399 e. The molecule has 1 amide bonds. The fourth-order valence-corrected chi connectivity index (χ4v) is 1.35. The zero-order valence-electron chi connectivity index (χ0n) is 9.27. The third-order valence-corrected chi connectivity index (χ3v) is 2.10. The largest absolute Gasteiger partial charge is 0.418 e. The van der Waals surface area contributed by atoms with E-state index in [1.807, 2.05) is 0 Å². The molecular weight excluding hydrogens is 233 g/mol. The molecule has 0 aliphatic carbocycles. The number of nitrogens with one attached hydrogen (secondary N) is 1. The van der Waals surface area contributed by atoms with E-state index in [0.717, 1.165) is 12.1 Å².